The number of carbonyl (C=O) groups excluding carboxylic acids is 4. The van der Waals surface area contributed by atoms with E-state index in [-0.39, 0.29) is 50.8 Å². The Kier molecular flexibility index (Phi) is 12.1. The van der Waals surface area contributed by atoms with Crippen molar-refractivity contribution >= 4 is 29.5 Å². The molecule has 11 nitrogen and oxygen atoms in total. The summed E-state index contributed by atoms with van der Waals surface area (Å²) in [6.45, 7) is 2.38. The molecule has 1 aromatic rings. The minimum Gasteiger partial charge on any atom is -0.445 e. The molecule has 0 unspecified atom stereocenters. The first-order chi connectivity index (χ1) is 18.0. The van der Waals surface area contributed by atoms with Crippen LogP contribution in [0.15, 0.2) is 35.3 Å². The van der Waals surface area contributed by atoms with Crippen molar-refractivity contribution in [1.29, 1.82) is 0 Å². The fourth-order valence-electron chi connectivity index (χ4n) is 4.36. The first-order valence-electron chi connectivity index (χ1n) is 12.7. The number of hydrogen-bond donors (Lipinski definition) is 4. The smallest absolute Gasteiger partial charge is 0.408 e. The number of halogens is 1. The number of nitrogens with one attached hydrogen (secondary N) is 1. The molecule has 1 aromatic carbocycles. The van der Waals surface area contributed by atoms with Gasteiger partial charge in [-0.05, 0) is 24.3 Å². The first kappa shape index (κ1) is 30.7. The van der Waals surface area contributed by atoms with E-state index < -0.39 is 54.3 Å². The third-order valence-corrected chi connectivity index (χ3v) is 6.39. The van der Waals surface area contributed by atoms with Gasteiger partial charge in [0, 0.05) is 31.8 Å². The van der Waals surface area contributed by atoms with Crippen molar-refractivity contribution in [3.05, 3.63) is 35.9 Å². The summed E-state index contributed by atoms with van der Waals surface area (Å²) < 4.78 is 18.4. The van der Waals surface area contributed by atoms with Gasteiger partial charge in [0.05, 0.1) is 12.1 Å². The number of alkyl carbamates (subject to hydrolysis) is 1. The van der Waals surface area contributed by atoms with Crippen molar-refractivity contribution < 1.29 is 33.4 Å². The van der Waals surface area contributed by atoms with Gasteiger partial charge in [-0.25, -0.2) is 9.18 Å². The number of alkyl halides is 1. The number of nitrogens with two attached hydrogens (primary N) is 2. The lowest BCUT2D eigenvalue weighted by molar-refractivity contribution is -0.141. The number of ether oxygens (including phenoxy) is 1. The van der Waals surface area contributed by atoms with Gasteiger partial charge in [0.15, 0.2) is 17.5 Å². The number of aliphatic hydroxyl groups excluding tert-OH is 1. The number of likely N-dealkylation sites (tertiary alicyclic amines) is 1. The second kappa shape index (κ2) is 15.0. The normalized spacial score (nSPS) is 18.5. The summed E-state index contributed by atoms with van der Waals surface area (Å²) in [5.41, 5.74) is 11.3. The van der Waals surface area contributed by atoms with Crippen LogP contribution >= 0.6 is 0 Å². The zero-order valence-corrected chi connectivity index (χ0v) is 21.8. The molecule has 0 saturated carbocycles. The second-order valence-electron chi connectivity index (χ2n) is 9.74. The molecule has 2 amide bonds. The van der Waals surface area contributed by atoms with Crippen LogP contribution in [0.4, 0.5) is 9.18 Å². The highest BCUT2D eigenvalue weighted by molar-refractivity contribution is 5.95. The van der Waals surface area contributed by atoms with Crippen molar-refractivity contribution in [3.63, 3.8) is 0 Å². The molecule has 12 heteroatoms. The molecule has 1 saturated heterocycles. The van der Waals surface area contributed by atoms with Gasteiger partial charge < -0.3 is 31.5 Å². The van der Waals surface area contributed by atoms with Crippen molar-refractivity contribution in [2.45, 2.75) is 64.3 Å². The fourth-order valence-corrected chi connectivity index (χ4v) is 4.36. The van der Waals surface area contributed by atoms with Gasteiger partial charge in [-0.1, -0.05) is 44.2 Å². The third-order valence-electron chi connectivity index (χ3n) is 6.39. The highest BCUT2D eigenvalue weighted by Crippen LogP contribution is 2.25. The highest BCUT2D eigenvalue weighted by atomic mass is 19.1. The average molecular weight is 536 g/mol. The molecule has 1 aliphatic heterocycles. The molecule has 2 rings (SSSR count). The number of carbonyl (C=O) groups is 4. The van der Waals surface area contributed by atoms with E-state index >= 15 is 0 Å². The predicted octanol–water partition coefficient (Wildman–Crippen LogP) is 1.07. The van der Waals surface area contributed by atoms with Gasteiger partial charge in [0.1, 0.15) is 19.3 Å². The van der Waals surface area contributed by atoms with E-state index in [1.165, 1.54) is 4.90 Å². The molecule has 6 N–H and O–H groups in total. The van der Waals surface area contributed by atoms with Gasteiger partial charge in [0.2, 0.25) is 5.91 Å². The maximum Gasteiger partial charge on any atom is 0.408 e. The Morgan fingerprint density at radius 2 is 1.89 bits per heavy atom. The van der Waals surface area contributed by atoms with Crippen molar-refractivity contribution in [1.82, 2.24) is 10.2 Å². The number of β-amino-alcohol motifs (C(OH)–C–C–N with tert-alkyl or cyclic N) is 1. The van der Waals surface area contributed by atoms with Gasteiger partial charge in [0.25, 0.3) is 0 Å². The molecule has 1 heterocycles. The van der Waals surface area contributed by atoms with Gasteiger partial charge in [-0.15, -0.1) is 0 Å². The number of Topliss-reactive ketones (excluding diaryl/α,β-unsaturated/α-hetero) is 2. The Morgan fingerprint density at radius 3 is 2.50 bits per heavy atom. The van der Waals surface area contributed by atoms with Crippen LogP contribution in [-0.4, -0.2) is 77.5 Å². The summed E-state index contributed by atoms with van der Waals surface area (Å²) >= 11 is 0. The molecule has 0 radical (unpaired) electrons. The number of amides is 2. The van der Waals surface area contributed by atoms with E-state index in [4.69, 9.17) is 16.2 Å². The van der Waals surface area contributed by atoms with Gasteiger partial charge in [-0.3, -0.25) is 19.4 Å². The van der Waals surface area contributed by atoms with Crippen LogP contribution in [0, 0.1) is 11.8 Å². The van der Waals surface area contributed by atoms with Crippen LogP contribution in [0.25, 0.3) is 0 Å². The minimum absolute atomic E-state index is 0.0155. The van der Waals surface area contributed by atoms with E-state index in [1.807, 2.05) is 18.2 Å². The Bertz CT molecular complexity index is 986. The number of nitrogens with zero attached hydrogens (tertiary/aromatic N) is 2. The summed E-state index contributed by atoms with van der Waals surface area (Å²) in [6, 6.07) is 7.02. The largest absolute Gasteiger partial charge is 0.445 e. The topological polar surface area (TPSA) is 177 Å². The van der Waals surface area contributed by atoms with E-state index in [0.717, 1.165) is 5.56 Å². The lowest BCUT2D eigenvalue weighted by atomic mass is 9.90. The number of hydrogen-bond acceptors (Lipinski definition) is 7. The van der Waals surface area contributed by atoms with E-state index in [9.17, 15) is 28.7 Å². The highest BCUT2D eigenvalue weighted by Gasteiger charge is 2.42. The maximum absolute atomic E-state index is 13.4. The summed E-state index contributed by atoms with van der Waals surface area (Å²) in [5.74, 6) is -3.09. The fraction of sp³-hybridized carbons (Fsp3) is 0.577. The summed E-state index contributed by atoms with van der Waals surface area (Å²) in [4.78, 5) is 56.3. The molecule has 1 fully saturated rings. The monoisotopic (exact) mass is 535 g/mol. The molecular formula is C26H38FN5O6. The third kappa shape index (κ3) is 9.40. The SMILES string of the molecule is CC(C)[C@H](NC(=O)OCc1ccccc1)C(=O)N1C[C@@H](O)C[C@H]1C(=O)C[C@@H](CCCN=C(N)N)C(=O)CF. The van der Waals surface area contributed by atoms with Crippen molar-refractivity contribution in [3.8, 4) is 0 Å². The second-order valence-corrected chi connectivity index (χ2v) is 9.74. The molecule has 0 aliphatic carbocycles. The molecule has 38 heavy (non-hydrogen) atoms. The first-order valence-corrected chi connectivity index (χ1v) is 12.7. The standard InChI is InChI=1S/C26H38FN5O6/c1-16(2)23(31-26(37)38-15-17-7-4-3-5-8-17)24(36)32-14-19(33)12-20(32)21(34)11-18(22(35)13-27)9-6-10-30-25(28)29/h3-5,7-8,16,18-20,23,33H,6,9-15H2,1-2H3,(H,31,37)(H4,28,29,30)/t18-,19+,20+,23+/m1/s1. The number of ketones is 2. The number of rotatable bonds is 14. The van der Waals surface area contributed by atoms with Crippen LogP contribution in [-0.2, 0) is 25.7 Å². The summed E-state index contributed by atoms with van der Waals surface area (Å²) in [6.07, 6.45) is -1.50. The molecule has 1 aliphatic rings. The van der Waals surface area contributed by atoms with Crippen LogP contribution in [0.5, 0.6) is 0 Å². The quantitative estimate of drug-likeness (QED) is 0.155. The Hall–Kier alpha value is -3.54. The average Bonchev–Trinajstić information content (AvgIpc) is 3.28. The lowest BCUT2D eigenvalue weighted by Crippen LogP contribution is -2.54. The number of aliphatic imine (C=N–C) groups is 1. The maximum atomic E-state index is 13.4. The van der Waals surface area contributed by atoms with E-state index in [1.54, 1.807) is 26.0 Å². The van der Waals surface area contributed by atoms with E-state index in [0.29, 0.717) is 6.42 Å². The number of aliphatic hydroxyl groups is 1. The van der Waals surface area contributed by atoms with Crippen molar-refractivity contribution in [2.24, 2.45) is 28.3 Å². The summed E-state index contributed by atoms with van der Waals surface area (Å²) in [7, 11) is 0. The molecule has 210 valence electrons. The Balaban J connectivity index is 2.07. The van der Waals surface area contributed by atoms with Crippen LogP contribution < -0.4 is 16.8 Å². The lowest BCUT2D eigenvalue weighted by Gasteiger charge is -2.30. The minimum atomic E-state index is -1.22. The molecular weight excluding hydrogens is 497 g/mol. The molecule has 0 spiro atoms. The Morgan fingerprint density at radius 1 is 1.21 bits per heavy atom. The number of benzene rings is 1. The molecule has 0 bridgehead atoms. The summed E-state index contributed by atoms with van der Waals surface area (Å²) in [5, 5.41) is 12.8. The zero-order chi connectivity index (χ0) is 28.2. The van der Waals surface area contributed by atoms with Crippen LogP contribution in [0.2, 0.25) is 0 Å². The van der Waals surface area contributed by atoms with Gasteiger partial charge >= 0.3 is 6.09 Å². The Labute approximate surface area is 221 Å². The predicted molar refractivity (Wildman–Crippen MR) is 139 cm³/mol. The van der Waals surface area contributed by atoms with Gasteiger partial charge in [-0.2, -0.15) is 0 Å². The molecule has 4 atom stereocenters. The van der Waals surface area contributed by atoms with Crippen molar-refractivity contribution in [2.75, 3.05) is 19.8 Å². The van der Waals surface area contributed by atoms with Crippen LogP contribution in [0.1, 0.15) is 45.1 Å². The van der Waals surface area contributed by atoms with E-state index in [2.05, 4.69) is 10.3 Å². The molecule has 0 aromatic heterocycles. The zero-order valence-electron chi connectivity index (χ0n) is 21.8. The number of guanidine groups is 1. The van der Waals surface area contributed by atoms with Crippen LogP contribution in [0.3, 0.4) is 0 Å².